The maximum absolute atomic E-state index is 6.38. The van der Waals surface area contributed by atoms with Crippen LogP contribution in [-0.2, 0) is 0 Å². The van der Waals surface area contributed by atoms with Crippen molar-refractivity contribution >= 4 is 23.2 Å². The molecule has 0 saturated carbocycles. The third-order valence-corrected chi connectivity index (χ3v) is 6.41. The monoisotopic (exact) mass is 420 g/mol. The van der Waals surface area contributed by atoms with Gasteiger partial charge in [0.15, 0.2) is 5.96 Å². The Hall–Kier alpha value is -1.50. The van der Waals surface area contributed by atoms with Crippen LogP contribution in [-0.4, -0.2) is 98.7 Å². The summed E-state index contributed by atoms with van der Waals surface area (Å²) in [6.07, 6.45) is 0. The number of aliphatic imine (C=N–C) groups is 1. The fourth-order valence-corrected chi connectivity index (χ4v) is 4.40. The standard InChI is InChI=1S/C22H37ClN6/c1-4-24-22(25-18-19(3)27-12-10-26(5-2)11-13-27)29-16-14-28(15-17-29)21-9-7-6-8-20(21)23/h6-9,19H,4-5,10-18H2,1-3H3,(H,24,25). The molecule has 1 unspecified atom stereocenters. The lowest BCUT2D eigenvalue weighted by molar-refractivity contribution is 0.109. The van der Waals surface area contributed by atoms with E-state index < -0.39 is 0 Å². The molecule has 1 aromatic carbocycles. The van der Waals surface area contributed by atoms with Gasteiger partial charge in [-0.1, -0.05) is 30.7 Å². The maximum atomic E-state index is 6.38. The average Bonchev–Trinajstić information content (AvgIpc) is 2.77. The Balaban J connectivity index is 1.54. The zero-order valence-corrected chi connectivity index (χ0v) is 19.0. The van der Waals surface area contributed by atoms with Crippen molar-refractivity contribution < 1.29 is 0 Å². The first-order chi connectivity index (χ1) is 14.1. The number of nitrogens with one attached hydrogen (secondary N) is 1. The van der Waals surface area contributed by atoms with E-state index in [1.165, 1.54) is 13.1 Å². The second kappa shape index (κ2) is 11.0. The van der Waals surface area contributed by atoms with E-state index in [4.69, 9.17) is 16.6 Å². The molecule has 0 radical (unpaired) electrons. The third kappa shape index (κ3) is 6.00. The molecular weight excluding hydrogens is 384 g/mol. The number of anilines is 1. The molecular formula is C22H37ClN6. The van der Waals surface area contributed by atoms with Gasteiger partial charge in [-0.15, -0.1) is 0 Å². The highest BCUT2D eigenvalue weighted by Crippen LogP contribution is 2.26. The molecule has 0 aromatic heterocycles. The Morgan fingerprint density at radius 2 is 1.72 bits per heavy atom. The van der Waals surface area contributed by atoms with Crippen LogP contribution in [0.25, 0.3) is 0 Å². The van der Waals surface area contributed by atoms with Gasteiger partial charge in [0.25, 0.3) is 0 Å². The van der Waals surface area contributed by atoms with Gasteiger partial charge in [-0.05, 0) is 32.5 Å². The van der Waals surface area contributed by atoms with E-state index in [0.29, 0.717) is 6.04 Å². The molecule has 2 heterocycles. The molecule has 2 saturated heterocycles. The summed E-state index contributed by atoms with van der Waals surface area (Å²) in [5, 5.41) is 4.33. The summed E-state index contributed by atoms with van der Waals surface area (Å²) in [5.74, 6) is 1.05. The van der Waals surface area contributed by atoms with Gasteiger partial charge in [-0.25, -0.2) is 0 Å². The fraction of sp³-hybridized carbons (Fsp3) is 0.682. The van der Waals surface area contributed by atoms with Crippen molar-refractivity contribution in [2.45, 2.75) is 26.8 Å². The number of rotatable bonds is 6. The lowest BCUT2D eigenvalue weighted by atomic mass is 10.2. The third-order valence-electron chi connectivity index (χ3n) is 6.09. The van der Waals surface area contributed by atoms with E-state index in [9.17, 15) is 0 Å². The molecule has 6 nitrogen and oxygen atoms in total. The zero-order chi connectivity index (χ0) is 20.6. The Morgan fingerprint density at radius 3 is 2.34 bits per heavy atom. The summed E-state index contributed by atoms with van der Waals surface area (Å²) >= 11 is 6.38. The van der Waals surface area contributed by atoms with Crippen molar-refractivity contribution in [3.8, 4) is 0 Å². The fourth-order valence-electron chi connectivity index (χ4n) is 4.15. The molecule has 1 aromatic rings. The van der Waals surface area contributed by atoms with Crippen molar-refractivity contribution in [3.05, 3.63) is 29.3 Å². The van der Waals surface area contributed by atoms with Crippen LogP contribution >= 0.6 is 11.6 Å². The molecule has 2 aliphatic rings. The predicted molar refractivity (Wildman–Crippen MR) is 124 cm³/mol. The number of hydrogen-bond acceptors (Lipinski definition) is 4. The molecule has 1 atom stereocenters. The Kier molecular flexibility index (Phi) is 8.45. The zero-order valence-electron chi connectivity index (χ0n) is 18.3. The minimum Gasteiger partial charge on any atom is -0.367 e. The number of guanidine groups is 1. The number of nitrogens with zero attached hydrogens (tertiary/aromatic N) is 5. The summed E-state index contributed by atoms with van der Waals surface area (Å²) in [4.78, 5) is 14.9. The van der Waals surface area contributed by atoms with Gasteiger partial charge in [-0.2, -0.15) is 0 Å². The molecule has 3 rings (SSSR count). The summed E-state index contributed by atoms with van der Waals surface area (Å²) < 4.78 is 0. The molecule has 29 heavy (non-hydrogen) atoms. The van der Waals surface area contributed by atoms with Crippen molar-refractivity contribution in [1.29, 1.82) is 0 Å². The van der Waals surface area contributed by atoms with E-state index >= 15 is 0 Å². The van der Waals surface area contributed by atoms with E-state index in [2.05, 4.69) is 57.8 Å². The lowest BCUT2D eigenvalue weighted by Crippen LogP contribution is -2.53. The van der Waals surface area contributed by atoms with E-state index in [-0.39, 0.29) is 0 Å². The quantitative estimate of drug-likeness (QED) is 0.565. The normalized spacial score (nSPS) is 20.8. The second-order valence-corrected chi connectivity index (χ2v) is 8.35. The summed E-state index contributed by atoms with van der Waals surface area (Å²) in [6.45, 7) is 18.1. The highest BCUT2D eigenvalue weighted by atomic mass is 35.5. The van der Waals surface area contributed by atoms with Crippen LogP contribution in [0.1, 0.15) is 20.8 Å². The number of likely N-dealkylation sites (N-methyl/N-ethyl adjacent to an activating group) is 1. The second-order valence-electron chi connectivity index (χ2n) is 7.94. The van der Waals surface area contributed by atoms with Crippen LogP contribution in [0.2, 0.25) is 5.02 Å². The van der Waals surface area contributed by atoms with Crippen LogP contribution in [0.4, 0.5) is 5.69 Å². The van der Waals surface area contributed by atoms with Gasteiger partial charge in [0.05, 0.1) is 17.3 Å². The van der Waals surface area contributed by atoms with Crippen molar-refractivity contribution in [2.75, 3.05) is 76.9 Å². The molecule has 0 spiro atoms. The van der Waals surface area contributed by atoms with Gasteiger partial charge in [0.2, 0.25) is 0 Å². The van der Waals surface area contributed by atoms with Crippen molar-refractivity contribution in [1.82, 2.24) is 20.0 Å². The first-order valence-electron chi connectivity index (χ1n) is 11.1. The van der Waals surface area contributed by atoms with Gasteiger partial charge in [0, 0.05) is 64.9 Å². The Labute approximate surface area is 181 Å². The SMILES string of the molecule is CCNC(=NCC(C)N1CCN(CC)CC1)N1CCN(c2ccccc2Cl)CC1. The minimum atomic E-state index is 0.479. The maximum Gasteiger partial charge on any atom is 0.194 e. The van der Waals surface area contributed by atoms with E-state index in [1.54, 1.807) is 0 Å². The van der Waals surface area contributed by atoms with Gasteiger partial charge < -0.3 is 20.0 Å². The van der Waals surface area contributed by atoms with Gasteiger partial charge in [0.1, 0.15) is 0 Å². The number of hydrogen-bond donors (Lipinski definition) is 1. The number of halogens is 1. The number of benzene rings is 1. The minimum absolute atomic E-state index is 0.479. The molecule has 162 valence electrons. The average molecular weight is 421 g/mol. The van der Waals surface area contributed by atoms with Crippen molar-refractivity contribution in [2.24, 2.45) is 4.99 Å². The molecule has 0 amide bonds. The van der Waals surface area contributed by atoms with E-state index in [1.807, 2.05) is 12.1 Å². The first-order valence-corrected chi connectivity index (χ1v) is 11.5. The highest BCUT2D eigenvalue weighted by Gasteiger charge is 2.23. The molecule has 2 aliphatic heterocycles. The topological polar surface area (TPSA) is 37.4 Å². The summed E-state index contributed by atoms with van der Waals surface area (Å²) in [6, 6.07) is 8.60. The number of para-hydroxylation sites is 1. The molecule has 0 bridgehead atoms. The van der Waals surface area contributed by atoms with E-state index in [0.717, 1.165) is 75.6 Å². The van der Waals surface area contributed by atoms with Crippen LogP contribution < -0.4 is 10.2 Å². The Morgan fingerprint density at radius 1 is 1.03 bits per heavy atom. The van der Waals surface area contributed by atoms with Crippen LogP contribution in [0.3, 0.4) is 0 Å². The molecule has 2 fully saturated rings. The predicted octanol–water partition coefficient (Wildman–Crippen LogP) is 2.45. The number of piperazine rings is 2. The van der Waals surface area contributed by atoms with Crippen LogP contribution in [0, 0.1) is 0 Å². The van der Waals surface area contributed by atoms with Crippen LogP contribution in [0.5, 0.6) is 0 Å². The lowest BCUT2D eigenvalue weighted by Gasteiger charge is -2.39. The van der Waals surface area contributed by atoms with Crippen molar-refractivity contribution in [3.63, 3.8) is 0 Å². The smallest absolute Gasteiger partial charge is 0.194 e. The Bertz CT molecular complexity index is 650. The van der Waals surface area contributed by atoms with Crippen LogP contribution in [0.15, 0.2) is 29.3 Å². The molecule has 1 N–H and O–H groups in total. The summed E-state index contributed by atoms with van der Waals surface area (Å²) in [7, 11) is 0. The molecule has 7 heteroatoms. The summed E-state index contributed by atoms with van der Waals surface area (Å²) in [5.41, 5.74) is 1.13. The first kappa shape index (κ1) is 22.2. The van der Waals surface area contributed by atoms with Gasteiger partial charge in [-0.3, -0.25) is 9.89 Å². The molecule has 0 aliphatic carbocycles. The van der Waals surface area contributed by atoms with Gasteiger partial charge >= 0.3 is 0 Å². The highest BCUT2D eigenvalue weighted by molar-refractivity contribution is 6.33. The largest absolute Gasteiger partial charge is 0.367 e.